The van der Waals surface area contributed by atoms with Gasteiger partial charge >= 0.3 is 6.09 Å². The maximum atomic E-state index is 12.3. The maximum absolute atomic E-state index is 12.3. The molecule has 2 aromatic carbocycles. The van der Waals surface area contributed by atoms with Gasteiger partial charge in [-0.05, 0) is 18.1 Å². The van der Waals surface area contributed by atoms with Gasteiger partial charge in [0.1, 0.15) is 5.54 Å². The molecule has 1 amide bonds. The van der Waals surface area contributed by atoms with E-state index in [0.29, 0.717) is 6.54 Å². The molecule has 114 valence electrons. The minimum Gasteiger partial charge on any atom is -0.439 e. The van der Waals surface area contributed by atoms with Gasteiger partial charge in [-0.15, -0.1) is 0 Å². The number of hydrogen-bond donors (Lipinski definition) is 1. The molecule has 0 saturated carbocycles. The van der Waals surface area contributed by atoms with Gasteiger partial charge in [0, 0.05) is 6.54 Å². The first kappa shape index (κ1) is 14.6. The Bertz CT molecular complexity index is 644. The largest absolute Gasteiger partial charge is 0.439 e. The van der Waals surface area contributed by atoms with Crippen LogP contribution in [0.1, 0.15) is 24.2 Å². The summed E-state index contributed by atoms with van der Waals surface area (Å²) in [7, 11) is 0. The second kappa shape index (κ2) is 5.81. The summed E-state index contributed by atoms with van der Waals surface area (Å²) in [5.41, 5.74) is 1.12. The van der Waals surface area contributed by atoms with Crippen molar-refractivity contribution in [3.8, 4) is 0 Å². The zero-order valence-electron chi connectivity index (χ0n) is 12.5. The Morgan fingerprint density at radius 3 is 2.27 bits per heavy atom. The van der Waals surface area contributed by atoms with Crippen molar-refractivity contribution in [3.05, 3.63) is 71.8 Å². The van der Waals surface area contributed by atoms with Crippen molar-refractivity contribution in [2.45, 2.75) is 25.1 Å². The summed E-state index contributed by atoms with van der Waals surface area (Å²) in [4.78, 5) is 13.9. The lowest BCUT2D eigenvalue weighted by atomic mass is 9.89. The summed E-state index contributed by atoms with van der Waals surface area (Å²) in [6.45, 7) is 2.11. The Hall–Kier alpha value is -2.33. The van der Waals surface area contributed by atoms with Gasteiger partial charge in [0.2, 0.25) is 0 Å². The van der Waals surface area contributed by atoms with Gasteiger partial charge in [0.25, 0.3) is 0 Å². The van der Waals surface area contributed by atoms with Crippen LogP contribution in [-0.4, -0.2) is 28.2 Å². The van der Waals surface area contributed by atoms with Crippen LogP contribution in [0.3, 0.4) is 0 Å². The van der Waals surface area contributed by atoms with Crippen LogP contribution >= 0.6 is 0 Å². The third-order valence-electron chi connectivity index (χ3n) is 4.23. The summed E-state index contributed by atoms with van der Waals surface area (Å²) >= 11 is 0. The van der Waals surface area contributed by atoms with Gasteiger partial charge in [-0.2, -0.15) is 0 Å². The predicted octanol–water partition coefficient (Wildman–Crippen LogP) is 3.13. The van der Waals surface area contributed by atoms with Crippen molar-refractivity contribution < 1.29 is 14.6 Å². The molecule has 2 atom stereocenters. The number of cyclic esters (lactones) is 1. The highest BCUT2D eigenvalue weighted by Gasteiger charge is 2.51. The van der Waals surface area contributed by atoms with Crippen LogP contribution in [0.15, 0.2) is 60.7 Å². The highest BCUT2D eigenvalue weighted by molar-refractivity contribution is 5.72. The van der Waals surface area contributed by atoms with E-state index >= 15 is 0 Å². The van der Waals surface area contributed by atoms with E-state index in [1.165, 1.54) is 0 Å². The molecule has 2 aromatic rings. The standard InChI is InChI=1S/C18H19NO3/c1-18(13-20)16(15-10-6-3-7-11-15)22-17(21)19(18)12-14-8-4-2-5-9-14/h2-11,16,20H,12-13H2,1H3/t16-,18-/m0/s1. The zero-order chi connectivity index (χ0) is 15.6. The van der Waals surface area contributed by atoms with Gasteiger partial charge < -0.3 is 9.84 Å². The van der Waals surface area contributed by atoms with Crippen molar-refractivity contribution in [2.24, 2.45) is 0 Å². The highest BCUT2D eigenvalue weighted by Crippen LogP contribution is 2.41. The molecule has 1 fully saturated rings. The van der Waals surface area contributed by atoms with Gasteiger partial charge in [-0.25, -0.2) is 4.79 Å². The Labute approximate surface area is 130 Å². The number of benzene rings is 2. The quantitative estimate of drug-likeness (QED) is 0.943. The summed E-state index contributed by atoms with van der Waals surface area (Å²) in [5, 5.41) is 9.95. The average Bonchev–Trinajstić information content (AvgIpc) is 2.82. The monoisotopic (exact) mass is 297 g/mol. The number of hydrogen-bond acceptors (Lipinski definition) is 3. The van der Waals surface area contributed by atoms with E-state index in [0.717, 1.165) is 11.1 Å². The van der Waals surface area contributed by atoms with Crippen molar-refractivity contribution >= 4 is 6.09 Å². The van der Waals surface area contributed by atoms with Gasteiger partial charge in [-0.3, -0.25) is 4.90 Å². The first-order valence-corrected chi connectivity index (χ1v) is 7.33. The fourth-order valence-electron chi connectivity index (χ4n) is 2.88. The van der Waals surface area contributed by atoms with Crippen molar-refractivity contribution in [1.82, 2.24) is 4.90 Å². The number of carbonyl (C=O) groups excluding carboxylic acids is 1. The van der Waals surface area contributed by atoms with Crippen molar-refractivity contribution in [1.29, 1.82) is 0 Å². The lowest BCUT2D eigenvalue weighted by Crippen LogP contribution is -2.48. The molecule has 0 unspecified atom stereocenters. The maximum Gasteiger partial charge on any atom is 0.411 e. The molecule has 4 heteroatoms. The Morgan fingerprint density at radius 1 is 1.09 bits per heavy atom. The van der Waals surface area contributed by atoms with E-state index in [1.54, 1.807) is 4.90 Å². The molecular weight excluding hydrogens is 278 g/mol. The van der Waals surface area contributed by atoms with Crippen molar-refractivity contribution in [3.63, 3.8) is 0 Å². The lowest BCUT2D eigenvalue weighted by Gasteiger charge is -2.34. The average molecular weight is 297 g/mol. The van der Waals surface area contributed by atoms with E-state index in [2.05, 4.69) is 0 Å². The second-order valence-electron chi connectivity index (χ2n) is 5.76. The number of aliphatic hydroxyl groups excluding tert-OH is 1. The summed E-state index contributed by atoms with van der Waals surface area (Å²) in [6.07, 6.45) is -0.871. The Balaban J connectivity index is 1.92. The summed E-state index contributed by atoms with van der Waals surface area (Å²) in [5.74, 6) is 0. The predicted molar refractivity (Wildman–Crippen MR) is 83.1 cm³/mol. The highest BCUT2D eigenvalue weighted by atomic mass is 16.6. The summed E-state index contributed by atoms with van der Waals surface area (Å²) < 4.78 is 5.57. The number of carbonyl (C=O) groups is 1. The second-order valence-corrected chi connectivity index (χ2v) is 5.76. The third-order valence-corrected chi connectivity index (χ3v) is 4.23. The molecule has 0 bridgehead atoms. The van der Waals surface area contributed by atoms with Crippen LogP contribution in [-0.2, 0) is 11.3 Å². The number of nitrogens with zero attached hydrogens (tertiary/aromatic N) is 1. The SMILES string of the molecule is C[C@]1(CO)[C@H](c2ccccc2)OC(=O)N1Cc1ccccc1. The van der Waals surface area contributed by atoms with E-state index in [-0.39, 0.29) is 6.61 Å². The van der Waals surface area contributed by atoms with E-state index < -0.39 is 17.7 Å². The van der Waals surface area contributed by atoms with E-state index in [9.17, 15) is 9.90 Å². The lowest BCUT2D eigenvalue weighted by molar-refractivity contribution is 0.0497. The van der Waals surface area contributed by atoms with E-state index in [4.69, 9.17) is 4.74 Å². The topological polar surface area (TPSA) is 49.8 Å². The number of rotatable bonds is 4. The third kappa shape index (κ3) is 2.46. The van der Waals surface area contributed by atoms with Crippen LogP contribution in [0.4, 0.5) is 4.79 Å². The van der Waals surface area contributed by atoms with E-state index in [1.807, 2.05) is 67.6 Å². The first-order chi connectivity index (χ1) is 10.6. The molecule has 0 aliphatic carbocycles. The van der Waals surface area contributed by atoms with Crippen LogP contribution in [0, 0.1) is 0 Å². The van der Waals surface area contributed by atoms with Crippen LogP contribution in [0.5, 0.6) is 0 Å². The molecule has 1 saturated heterocycles. The summed E-state index contributed by atoms with van der Waals surface area (Å²) in [6, 6.07) is 19.3. The molecule has 3 rings (SSSR count). The Morgan fingerprint density at radius 2 is 1.68 bits per heavy atom. The fraction of sp³-hybridized carbons (Fsp3) is 0.278. The smallest absolute Gasteiger partial charge is 0.411 e. The molecule has 0 spiro atoms. The normalized spacial score (nSPS) is 24.4. The molecule has 4 nitrogen and oxygen atoms in total. The van der Waals surface area contributed by atoms with Gasteiger partial charge in [-0.1, -0.05) is 60.7 Å². The number of aliphatic hydroxyl groups is 1. The molecule has 0 radical (unpaired) electrons. The van der Waals surface area contributed by atoms with Crippen LogP contribution in [0.2, 0.25) is 0 Å². The zero-order valence-corrected chi connectivity index (χ0v) is 12.5. The number of amides is 1. The molecule has 1 heterocycles. The van der Waals surface area contributed by atoms with Gasteiger partial charge in [0.15, 0.2) is 6.10 Å². The molecule has 0 aromatic heterocycles. The molecule has 22 heavy (non-hydrogen) atoms. The molecule has 1 aliphatic heterocycles. The molecule has 1 N–H and O–H groups in total. The fourth-order valence-corrected chi connectivity index (χ4v) is 2.88. The minimum atomic E-state index is -0.783. The van der Waals surface area contributed by atoms with Crippen LogP contribution < -0.4 is 0 Å². The van der Waals surface area contributed by atoms with Crippen LogP contribution in [0.25, 0.3) is 0 Å². The number of ether oxygens (including phenoxy) is 1. The molecular formula is C18H19NO3. The Kier molecular flexibility index (Phi) is 3.86. The minimum absolute atomic E-state index is 0.162. The van der Waals surface area contributed by atoms with Gasteiger partial charge in [0.05, 0.1) is 6.61 Å². The molecule has 1 aliphatic rings. The first-order valence-electron chi connectivity index (χ1n) is 7.33. The van der Waals surface area contributed by atoms with Crippen molar-refractivity contribution in [2.75, 3.05) is 6.61 Å².